The molecule has 0 amide bonds. The smallest absolute Gasteiger partial charge is 0.432 e. The fraction of sp³-hybridized carbons (Fsp3) is 0.222. The lowest BCUT2D eigenvalue weighted by molar-refractivity contribution is -0.138. The number of hydrogen-bond acceptors (Lipinski definition) is 5. The van der Waals surface area contributed by atoms with Crippen LogP contribution in [0.3, 0.4) is 0 Å². The van der Waals surface area contributed by atoms with Gasteiger partial charge in [-0.2, -0.15) is 0 Å². The van der Waals surface area contributed by atoms with E-state index in [-0.39, 0.29) is 12.2 Å². The van der Waals surface area contributed by atoms with Gasteiger partial charge in [-0.15, -0.1) is 0 Å². The third kappa shape index (κ3) is 6.02. The summed E-state index contributed by atoms with van der Waals surface area (Å²) < 4.78 is 0. The zero-order chi connectivity index (χ0) is 12.6. The van der Waals surface area contributed by atoms with Crippen molar-refractivity contribution in [3.8, 4) is 5.75 Å². The van der Waals surface area contributed by atoms with Gasteiger partial charge in [-0.1, -0.05) is 12.1 Å². The average Bonchev–Trinajstić information content (AvgIpc) is 2.22. The van der Waals surface area contributed by atoms with Gasteiger partial charge in [-0.3, -0.25) is 4.79 Å². The van der Waals surface area contributed by atoms with Gasteiger partial charge in [0.25, 0.3) is 0 Å². The van der Waals surface area contributed by atoms with Gasteiger partial charge in [0.2, 0.25) is 0 Å². The number of phenolic OH excluding ortho intramolecular Hbond substituents is 1. The van der Waals surface area contributed by atoms with Crippen molar-refractivity contribution in [1.29, 1.82) is 0 Å². The van der Waals surface area contributed by atoms with E-state index in [1.165, 1.54) is 12.1 Å². The van der Waals surface area contributed by atoms with Crippen LogP contribution in [0.4, 0.5) is 0 Å². The molecule has 0 aliphatic heterocycles. The largest absolute Gasteiger partial charge is 0.508 e. The molecule has 1 aromatic carbocycles. The van der Waals surface area contributed by atoms with Crippen LogP contribution in [0.15, 0.2) is 24.3 Å². The number of carboxylic acid groups (broad SMARTS) is 1. The molecule has 7 heteroatoms. The number of hydrogen-bond donors (Lipinski definition) is 5. The molecule has 1 unspecified atom stereocenters. The van der Waals surface area contributed by atoms with Crippen molar-refractivity contribution in [2.24, 2.45) is 5.73 Å². The molecule has 0 saturated heterocycles. The van der Waals surface area contributed by atoms with Crippen LogP contribution in [-0.2, 0) is 11.2 Å². The van der Waals surface area contributed by atoms with E-state index in [9.17, 15) is 4.79 Å². The lowest BCUT2D eigenvalue weighted by Crippen LogP contribution is -2.32. The van der Waals surface area contributed by atoms with E-state index in [2.05, 4.69) is 0 Å². The fourth-order valence-corrected chi connectivity index (χ4v) is 0.973. The van der Waals surface area contributed by atoms with Crippen LogP contribution >= 0.6 is 0 Å². The Morgan fingerprint density at radius 2 is 1.75 bits per heavy atom. The number of carboxylic acids is 1. The minimum Gasteiger partial charge on any atom is -0.508 e. The number of carbonyl (C=O) groups is 1. The Bertz CT molecular complexity index is 316. The van der Waals surface area contributed by atoms with Crippen molar-refractivity contribution in [2.45, 2.75) is 12.5 Å². The quantitative estimate of drug-likeness (QED) is 0.404. The Kier molecular flexibility index (Phi) is 6.94. The number of benzene rings is 1. The SMILES string of the molecule is NC(Cc1ccc(O)cc1)C(=O)O.OBO. The Morgan fingerprint density at radius 3 is 2.12 bits per heavy atom. The average molecular weight is 227 g/mol. The van der Waals surface area contributed by atoms with Crippen molar-refractivity contribution in [3.63, 3.8) is 0 Å². The molecule has 0 aliphatic carbocycles. The standard InChI is InChI=1S/C9H11NO3.BH3O2/c10-8(9(12)13)5-6-1-3-7(11)4-2-6;2-1-3/h1-4,8,11H,5,10H2,(H,12,13);1-3H. The minimum absolute atomic E-state index is 0.160. The van der Waals surface area contributed by atoms with Crippen LogP contribution in [0.25, 0.3) is 0 Å². The highest BCUT2D eigenvalue weighted by Gasteiger charge is 2.11. The van der Waals surface area contributed by atoms with Crippen LogP contribution in [0.2, 0.25) is 0 Å². The highest BCUT2D eigenvalue weighted by atomic mass is 16.4. The second-order valence-electron chi connectivity index (χ2n) is 2.96. The normalized spacial score (nSPS) is 10.9. The summed E-state index contributed by atoms with van der Waals surface area (Å²) in [7, 11) is -0.750. The van der Waals surface area contributed by atoms with Gasteiger partial charge in [0.05, 0.1) is 0 Å². The van der Waals surface area contributed by atoms with Crippen LogP contribution in [0.5, 0.6) is 5.75 Å². The van der Waals surface area contributed by atoms with Crippen LogP contribution < -0.4 is 5.73 Å². The highest BCUT2D eigenvalue weighted by Crippen LogP contribution is 2.10. The van der Waals surface area contributed by atoms with Crippen LogP contribution in [0.1, 0.15) is 5.56 Å². The summed E-state index contributed by atoms with van der Waals surface area (Å²) in [6.45, 7) is 0. The Balaban J connectivity index is 0.000000673. The lowest BCUT2D eigenvalue weighted by Gasteiger charge is -2.05. The molecule has 1 atom stereocenters. The van der Waals surface area contributed by atoms with Crippen molar-refractivity contribution in [2.75, 3.05) is 0 Å². The molecule has 6 N–H and O–H groups in total. The predicted molar refractivity (Wildman–Crippen MR) is 59.0 cm³/mol. The Hall–Kier alpha value is -1.57. The number of rotatable bonds is 3. The molecule has 88 valence electrons. The third-order valence-electron chi connectivity index (χ3n) is 1.71. The topological polar surface area (TPSA) is 124 Å². The Morgan fingerprint density at radius 1 is 1.31 bits per heavy atom. The first-order chi connectivity index (χ1) is 7.51. The van der Waals surface area contributed by atoms with Crippen molar-refractivity contribution in [1.82, 2.24) is 0 Å². The molecular formula is C9H14BNO5. The van der Waals surface area contributed by atoms with Gasteiger partial charge in [-0.05, 0) is 24.1 Å². The maximum Gasteiger partial charge on any atom is 0.432 e. The Labute approximate surface area is 93.3 Å². The molecule has 6 nitrogen and oxygen atoms in total. The lowest BCUT2D eigenvalue weighted by atomic mass is 10.1. The zero-order valence-corrected chi connectivity index (χ0v) is 8.58. The third-order valence-corrected chi connectivity index (χ3v) is 1.71. The number of aliphatic carboxylic acids is 1. The molecule has 0 spiro atoms. The highest BCUT2D eigenvalue weighted by molar-refractivity contribution is 6.13. The van der Waals surface area contributed by atoms with E-state index < -0.39 is 19.7 Å². The van der Waals surface area contributed by atoms with Gasteiger partial charge in [0, 0.05) is 0 Å². The molecule has 0 bridgehead atoms. The summed E-state index contributed by atoms with van der Waals surface area (Å²) in [4.78, 5) is 10.4. The van der Waals surface area contributed by atoms with Gasteiger partial charge in [0.1, 0.15) is 11.8 Å². The molecule has 0 aromatic heterocycles. The number of nitrogens with two attached hydrogens (primary N) is 1. The van der Waals surface area contributed by atoms with Gasteiger partial charge in [-0.25, -0.2) is 0 Å². The summed E-state index contributed by atoms with van der Waals surface area (Å²) in [5.41, 5.74) is 6.12. The summed E-state index contributed by atoms with van der Waals surface area (Å²) >= 11 is 0. The maximum atomic E-state index is 10.4. The van der Waals surface area contributed by atoms with E-state index in [4.69, 9.17) is 26.0 Å². The maximum absolute atomic E-state index is 10.4. The van der Waals surface area contributed by atoms with Crippen molar-refractivity contribution >= 4 is 13.7 Å². The summed E-state index contributed by atoms with van der Waals surface area (Å²) in [6.07, 6.45) is 0.273. The van der Waals surface area contributed by atoms with E-state index in [1.807, 2.05) is 0 Å². The molecule has 0 heterocycles. The molecule has 16 heavy (non-hydrogen) atoms. The molecular weight excluding hydrogens is 213 g/mol. The molecule has 0 aliphatic rings. The molecule has 0 saturated carbocycles. The predicted octanol–water partition coefficient (Wildman–Crippen LogP) is -1.42. The molecule has 1 rings (SSSR count). The van der Waals surface area contributed by atoms with E-state index in [0.717, 1.165) is 5.56 Å². The monoisotopic (exact) mass is 227 g/mol. The second kappa shape index (κ2) is 7.69. The summed E-state index contributed by atoms with van der Waals surface area (Å²) in [5, 5.41) is 31.7. The van der Waals surface area contributed by atoms with Crippen molar-refractivity contribution in [3.05, 3.63) is 29.8 Å². The van der Waals surface area contributed by atoms with Gasteiger partial charge < -0.3 is 26.0 Å². The summed E-state index contributed by atoms with van der Waals surface area (Å²) in [6, 6.07) is 5.42. The molecule has 1 aromatic rings. The summed E-state index contributed by atoms with van der Waals surface area (Å²) in [5.74, 6) is -0.860. The second-order valence-corrected chi connectivity index (χ2v) is 2.96. The fourth-order valence-electron chi connectivity index (χ4n) is 0.973. The minimum atomic E-state index is -1.02. The zero-order valence-electron chi connectivity index (χ0n) is 8.58. The van der Waals surface area contributed by atoms with E-state index >= 15 is 0 Å². The van der Waals surface area contributed by atoms with Crippen molar-refractivity contribution < 1.29 is 25.1 Å². The van der Waals surface area contributed by atoms with Gasteiger partial charge >= 0.3 is 13.7 Å². The first kappa shape index (κ1) is 14.4. The van der Waals surface area contributed by atoms with E-state index in [0.29, 0.717) is 0 Å². The number of phenols is 1. The molecule has 0 radical (unpaired) electrons. The number of aromatic hydroxyl groups is 1. The first-order valence-corrected chi connectivity index (χ1v) is 4.49. The first-order valence-electron chi connectivity index (χ1n) is 4.49. The van der Waals surface area contributed by atoms with Gasteiger partial charge in [0.15, 0.2) is 0 Å². The van der Waals surface area contributed by atoms with Crippen LogP contribution in [0, 0.1) is 0 Å². The van der Waals surface area contributed by atoms with Crippen LogP contribution in [-0.4, -0.2) is 40.0 Å². The van der Waals surface area contributed by atoms with E-state index in [1.54, 1.807) is 12.1 Å². The molecule has 0 fully saturated rings.